The number of aromatic hydroxyl groups is 1. The second-order valence-electron chi connectivity index (χ2n) is 3.57. The van der Waals surface area contributed by atoms with E-state index in [1.807, 2.05) is 24.6 Å². The van der Waals surface area contributed by atoms with E-state index in [1.54, 1.807) is 12.1 Å². The molecule has 1 aromatic heterocycles. The van der Waals surface area contributed by atoms with Gasteiger partial charge in [0.05, 0.1) is 12.1 Å². The fourth-order valence-electron chi connectivity index (χ4n) is 1.72. The van der Waals surface area contributed by atoms with Gasteiger partial charge in [-0.2, -0.15) is 0 Å². The van der Waals surface area contributed by atoms with Crippen molar-refractivity contribution in [1.82, 2.24) is 4.57 Å². The molecule has 0 aliphatic rings. The van der Waals surface area contributed by atoms with Gasteiger partial charge in [-0.15, -0.1) is 0 Å². The van der Waals surface area contributed by atoms with Crippen LogP contribution in [0.25, 0.3) is 10.9 Å². The van der Waals surface area contributed by atoms with Gasteiger partial charge in [0.25, 0.3) is 0 Å². The van der Waals surface area contributed by atoms with Crippen LogP contribution in [0.3, 0.4) is 0 Å². The highest BCUT2D eigenvalue weighted by Crippen LogP contribution is 2.23. The lowest BCUT2D eigenvalue weighted by molar-refractivity contribution is 0.129. The molecule has 0 spiro atoms. The summed E-state index contributed by atoms with van der Waals surface area (Å²) in [5.74, 6) is 0.298. The largest absolute Gasteiger partial charge is 0.508 e. The van der Waals surface area contributed by atoms with Crippen molar-refractivity contribution in [1.29, 1.82) is 0 Å². The molecule has 2 aromatic rings. The normalized spacial score (nSPS) is 11.1. The average molecular weight is 205 g/mol. The van der Waals surface area contributed by atoms with Crippen LogP contribution in [0.1, 0.15) is 12.6 Å². The summed E-state index contributed by atoms with van der Waals surface area (Å²) >= 11 is 0. The van der Waals surface area contributed by atoms with E-state index in [-0.39, 0.29) is 0 Å². The molecule has 0 unspecified atom stereocenters. The summed E-state index contributed by atoms with van der Waals surface area (Å²) in [4.78, 5) is 0. The summed E-state index contributed by atoms with van der Waals surface area (Å²) in [6, 6.07) is 7.47. The molecule has 0 fully saturated rings. The van der Waals surface area contributed by atoms with Crippen molar-refractivity contribution in [2.24, 2.45) is 7.05 Å². The summed E-state index contributed by atoms with van der Waals surface area (Å²) in [7, 11) is 1.98. The van der Waals surface area contributed by atoms with Gasteiger partial charge < -0.3 is 14.4 Å². The van der Waals surface area contributed by atoms with Crippen LogP contribution in [0.4, 0.5) is 0 Å². The minimum atomic E-state index is 0.298. The highest BCUT2D eigenvalue weighted by Gasteiger charge is 2.05. The second kappa shape index (κ2) is 3.95. The first kappa shape index (κ1) is 10.1. The predicted molar refractivity (Wildman–Crippen MR) is 59.9 cm³/mol. The van der Waals surface area contributed by atoms with Crippen molar-refractivity contribution in [2.45, 2.75) is 13.5 Å². The van der Waals surface area contributed by atoms with Crippen molar-refractivity contribution in [2.75, 3.05) is 6.61 Å². The summed E-state index contributed by atoms with van der Waals surface area (Å²) in [5, 5.41) is 10.5. The molecule has 0 aliphatic carbocycles. The zero-order valence-corrected chi connectivity index (χ0v) is 9.03. The number of hydrogen-bond acceptors (Lipinski definition) is 2. The quantitative estimate of drug-likeness (QED) is 0.835. The molecule has 3 heteroatoms. The Morgan fingerprint density at radius 2 is 2.13 bits per heavy atom. The maximum absolute atomic E-state index is 9.40. The summed E-state index contributed by atoms with van der Waals surface area (Å²) < 4.78 is 7.42. The molecule has 1 heterocycles. The fraction of sp³-hybridized carbons (Fsp3) is 0.333. The van der Waals surface area contributed by atoms with E-state index >= 15 is 0 Å². The molecule has 0 saturated heterocycles. The third kappa shape index (κ3) is 1.83. The van der Waals surface area contributed by atoms with Crippen molar-refractivity contribution in [3.8, 4) is 5.75 Å². The van der Waals surface area contributed by atoms with E-state index < -0.39 is 0 Å². The third-order valence-corrected chi connectivity index (χ3v) is 2.58. The monoisotopic (exact) mass is 205 g/mol. The number of aromatic nitrogens is 1. The Bertz CT molecular complexity index is 474. The molecule has 1 N–H and O–H groups in total. The maximum atomic E-state index is 9.40. The first-order valence-electron chi connectivity index (χ1n) is 5.07. The van der Waals surface area contributed by atoms with Crippen LogP contribution >= 0.6 is 0 Å². The van der Waals surface area contributed by atoms with Gasteiger partial charge in [-0.25, -0.2) is 0 Å². The number of fused-ring (bicyclic) bond motifs is 1. The smallest absolute Gasteiger partial charge is 0.117 e. The maximum Gasteiger partial charge on any atom is 0.117 e. The van der Waals surface area contributed by atoms with Gasteiger partial charge in [0.15, 0.2) is 0 Å². The number of phenols is 1. The van der Waals surface area contributed by atoms with E-state index in [9.17, 15) is 5.11 Å². The Labute approximate surface area is 88.9 Å². The minimum absolute atomic E-state index is 0.298. The van der Waals surface area contributed by atoms with Crippen LogP contribution in [0.2, 0.25) is 0 Å². The van der Waals surface area contributed by atoms with Crippen molar-refractivity contribution >= 4 is 10.9 Å². The van der Waals surface area contributed by atoms with Gasteiger partial charge in [0.2, 0.25) is 0 Å². The highest BCUT2D eigenvalue weighted by molar-refractivity contribution is 5.82. The van der Waals surface area contributed by atoms with Gasteiger partial charge >= 0.3 is 0 Å². The van der Waals surface area contributed by atoms with Crippen molar-refractivity contribution in [3.63, 3.8) is 0 Å². The van der Waals surface area contributed by atoms with Crippen LogP contribution in [-0.2, 0) is 18.4 Å². The average Bonchev–Trinajstić information content (AvgIpc) is 2.53. The Hall–Kier alpha value is -1.48. The first-order chi connectivity index (χ1) is 7.22. The molecule has 0 bridgehead atoms. The molecule has 3 nitrogen and oxygen atoms in total. The van der Waals surface area contributed by atoms with Crippen LogP contribution in [0, 0.1) is 0 Å². The molecule has 0 saturated carbocycles. The predicted octanol–water partition coefficient (Wildman–Crippen LogP) is 2.42. The molecular weight excluding hydrogens is 190 g/mol. The first-order valence-corrected chi connectivity index (χ1v) is 5.07. The van der Waals surface area contributed by atoms with Crippen LogP contribution in [0.15, 0.2) is 24.3 Å². The van der Waals surface area contributed by atoms with E-state index in [0.29, 0.717) is 19.0 Å². The van der Waals surface area contributed by atoms with Gasteiger partial charge in [-0.1, -0.05) is 0 Å². The van der Waals surface area contributed by atoms with Crippen molar-refractivity contribution < 1.29 is 9.84 Å². The minimum Gasteiger partial charge on any atom is -0.508 e. The standard InChI is InChI=1S/C12H15NO2/c1-3-15-8-10-6-9-4-5-11(14)7-12(9)13(10)2/h4-7,14H,3,8H2,1-2H3. The number of phenolic OH excluding ortho intramolecular Hbond substituents is 1. The van der Waals surface area contributed by atoms with Gasteiger partial charge in [0, 0.05) is 30.8 Å². The lowest BCUT2D eigenvalue weighted by atomic mass is 10.2. The molecule has 2 rings (SSSR count). The van der Waals surface area contributed by atoms with E-state index in [0.717, 1.165) is 16.6 Å². The summed E-state index contributed by atoms with van der Waals surface area (Å²) in [6.07, 6.45) is 0. The SMILES string of the molecule is CCOCc1cc2ccc(O)cc2n1C. The molecule has 0 radical (unpaired) electrons. The third-order valence-electron chi connectivity index (χ3n) is 2.58. The Balaban J connectivity index is 2.45. The molecule has 1 aromatic carbocycles. The molecule has 15 heavy (non-hydrogen) atoms. The number of rotatable bonds is 3. The van der Waals surface area contributed by atoms with Crippen LogP contribution in [0.5, 0.6) is 5.75 Å². The molecule has 0 aliphatic heterocycles. The van der Waals surface area contributed by atoms with Gasteiger partial charge in [-0.05, 0) is 25.1 Å². The summed E-state index contributed by atoms with van der Waals surface area (Å²) in [5.41, 5.74) is 2.15. The topological polar surface area (TPSA) is 34.4 Å². The Morgan fingerprint density at radius 3 is 2.87 bits per heavy atom. The number of hydrogen-bond donors (Lipinski definition) is 1. The second-order valence-corrected chi connectivity index (χ2v) is 3.57. The van der Waals surface area contributed by atoms with Gasteiger partial charge in [-0.3, -0.25) is 0 Å². The lowest BCUT2D eigenvalue weighted by Crippen LogP contribution is -1.98. The zero-order chi connectivity index (χ0) is 10.8. The number of nitrogens with zero attached hydrogens (tertiary/aromatic N) is 1. The van der Waals surface area contributed by atoms with Crippen LogP contribution < -0.4 is 0 Å². The summed E-state index contributed by atoms with van der Waals surface area (Å²) in [6.45, 7) is 3.31. The number of aryl methyl sites for hydroxylation is 1. The Kier molecular flexibility index (Phi) is 2.64. The van der Waals surface area contributed by atoms with E-state index in [4.69, 9.17) is 4.74 Å². The number of benzene rings is 1. The molecule has 80 valence electrons. The zero-order valence-electron chi connectivity index (χ0n) is 9.03. The lowest BCUT2D eigenvalue weighted by Gasteiger charge is -2.03. The fourth-order valence-corrected chi connectivity index (χ4v) is 1.72. The van der Waals surface area contributed by atoms with Gasteiger partial charge in [0.1, 0.15) is 5.75 Å². The van der Waals surface area contributed by atoms with Crippen LogP contribution in [-0.4, -0.2) is 16.3 Å². The highest BCUT2D eigenvalue weighted by atomic mass is 16.5. The van der Waals surface area contributed by atoms with Crippen molar-refractivity contribution in [3.05, 3.63) is 30.0 Å². The Morgan fingerprint density at radius 1 is 1.33 bits per heavy atom. The number of ether oxygens (including phenoxy) is 1. The molecule has 0 atom stereocenters. The van der Waals surface area contributed by atoms with E-state index in [2.05, 4.69) is 6.07 Å². The molecular formula is C12H15NO2. The van der Waals surface area contributed by atoms with E-state index in [1.165, 1.54) is 0 Å². The molecule has 0 amide bonds.